The van der Waals surface area contributed by atoms with Gasteiger partial charge >= 0.3 is 5.97 Å². The molecule has 0 spiro atoms. The van der Waals surface area contributed by atoms with Gasteiger partial charge in [0.15, 0.2) is 12.4 Å². The number of carbonyl (C=O) groups is 2. The van der Waals surface area contributed by atoms with Gasteiger partial charge in [0.25, 0.3) is 0 Å². The molecule has 6 N–H and O–H groups in total. The second-order valence-corrected chi connectivity index (χ2v) is 21.8. The number of rotatable bonds is 53. The highest BCUT2D eigenvalue weighted by Crippen LogP contribution is 2.26. The topological polar surface area (TPSA) is 175 Å². The van der Waals surface area contributed by atoms with Gasteiger partial charge in [0.2, 0.25) is 5.91 Å². The second-order valence-electron chi connectivity index (χ2n) is 21.8. The van der Waals surface area contributed by atoms with Crippen molar-refractivity contribution in [1.29, 1.82) is 0 Å². The van der Waals surface area contributed by atoms with Crippen LogP contribution >= 0.6 is 0 Å². The van der Waals surface area contributed by atoms with Crippen LogP contribution in [0, 0.1) is 0 Å². The van der Waals surface area contributed by atoms with Gasteiger partial charge in [0.05, 0.1) is 25.4 Å². The molecule has 79 heavy (non-hydrogen) atoms. The lowest BCUT2D eigenvalue weighted by Crippen LogP contribution is -2.61. The molecule has 8 unspecified atom stereocenters. The van der Waals surface area contributed by atoms with Crippen LogP contribution in [-0.4, -0.2) is 99.6 Å². The molecule has 1 amide bonds. The predicted octanol–water partition coefficient (Wildman–Crippen LogP) is 15.5. The molecule has 0 saturated carbocycles. The minimum absolute atomic E-state index is 0.0999. The first-order valence-electron chi connectivity index (χ1n) is 32.0. The van der Waals surface area contributed by atoms with E-state index in [0.29, 0.717) is 12.8 Å². The molecule has 1 heterocycles. The van der Waals surface area contributed by atoms with Gasteiger partial charge in [-0.3, -0.25) is 9.59 Å². The van der Waals surface area contributed by atoms with E-state index < -0.39 is 67.4 Å². The van der Waals surface area contributed by atoms with Crippen molar-refractivity contribution in [2.45, 2.75) is 307 Å². The van der Waals surface area contributed by atoms with Gasteiger partial charge < -0.3 is 45.1 Å². The Labute approximate surface area is 482 Å². The van der Waals surface area contributed by atoms with E-state index in [1.165, 1.54) is 96.3 Å². The van der Waals surface area contributed by atoms with Gasteiger partial charge in [0.1, 0.15) is 24.4 Å². The molecule has 1 rings (SSSR count). The number of aliphatic hydroxyl groups excluding tert-OH is 5. The monoisotopic (exact) mass is 1110 g/mol. The van der Waals surface area contributed by atoms with E-state index in [2.05, 4.69) is 111 Å². The van der Waals surface area contributed by atoms with Crippen molar-refractivity contribution in [2.75, 3.05) is 13.2 Å². The normalized spacial score (nSPS) is 19.5. The summed E-state index contributed by atoms with van der Waals surface area (Å²) in [5.41, 5.74) is 0. The Hall–Kier alpha value is -3.42. The first-order chi connectivity index (χ1) is 38.7. The van der Waals surface area contributed by atoms with Crippen LogP contribution in [0.1, 0.15) is 258 Å². The Morgan fingerprint density at radius 2 is 0.911 bits per heavy atom. The van der Waals surface area contributed by atoms with Crippen LogP contribution in [0.2, 0.25) is 0 Å². The Bertz CT molecular complexity index is 1650. The molecule has 11 heteroatoms. The van der Waals surface area contributed by atoms with Crippen molar-refractivity contribution in [3.8, 4) is 0 Å². The highest BCUT2D eigenvalue weighted by molar-refractivity contribution is 5.80. The third-order valence-electron chi connectivity index (χ3n) is 14.5. The number of hydrogen-bond donors (Lipinski definition) is 6. The molecule has 0 aromatic rings. The molecule has 0 aliphatic carbocycles. The SMILES string of the molecule is CC/C=C\C/C=C\C/C=C\C/C=C\C/C=C\C/C=C\CCCCCCCCC(=O)OC1C(OCC(NC(=O)C(O)CCCC/C=C\CCCCCCCCC)C(O)/C=C/CCCCCCCCCCCC)OC(CO)C(O)C1O. The van der Waals surface area contributed by atoms with Gasteiger partial charge in [0, 0.05) is 6.42 Å². The lowest BCUT2D eigenvalue weighted by molar-refractivity contribution is -0.305. The first-order valence-corrected chi connectivity index (χ1v) is 32.0. The third-order valence-corrected chi connectivity index (χ3v) is 14.5. The van der Waals surface area contributed by atoms with Crippen LogP contribution in [0.4, 0.5) is 0 Å². The van der Waals surface area contributed by atoms with Gasteiger partial charge in [-0.25, -0.2) is 0 Å². The molecule has 0 aromatic heterocycles. The molecule has 1 aliphatic heterocycles. The number of aliphatic hydroxyl groups is 5. The maximum atomic E-state index is 13.4. The fraction of sp³-hybridized carbons (Fsp3) is 0.735. The van der Waals surface area contributed by atoms with Gasteiger partial charge in [-0.15, -0.1) is 0 Å². The van der Waals surface area contributed by atoms with Crippen LogP contribution < -0.4 is 5.32 Å². The number of esters is 1. The maximum absolute atomic E-state index is 13.4. The Balaban J connectivity index is 2.64. The van der Waals surface area contributed by atoms with E-state index in [0.717, 1.165) is 116 Å². The number of unbranched alkanes of at least 4 members (excludes halogenated alkanes) is 25. The van der Waals surface area contributed by atoms with E-state index in [1.807, 2.05) is 6.08 Å². The molecule has 0 radical (unpaired) electrons. The number of ether oxygens (including phenoxy) is 3. The number of hydrogen-bond acceptors (Lipinski definition) is 10. The molecule has 8 atom stereocenters. The quantitative estimate of drug-likeness (QED) is 0.0195. The maximum Gasteiger partial charge on any atom is 0.306 e. The van der Waals surface area contributed by atoms with E-state index in [4.69, 9.17) is 14.2 Å². The van der Waals surface area contributed by atoms with Gasteiger partial charge in [-0.1, -0.05) is 246 Å². The van der Waals surface area contributed by atoms with Crippen LogP contribution in [-0.2, 0) is 23.8 Å². The minimum Gasteiger partial charge on any atom is -0.454 e. The molecule has 1 fully saturated rings. The summed E-state index contributed by atoms with van der Waals surface area (Å²) in [6, 6.07) is -1.04. The summed E-state index contributed by atoms with van der Waals surface area (Å²) in [4.78, 5) is 26.5. The van der Waals surface area contributed by atoms with E-state index in [-0.39, 0.29) is 19.4 Å². The van der Waals surface area contributed by atoms with Crippen LogP contribution in [0.15, 0.2) is 97.2 Å². The Kier molecular flexibility index (Phi) is 51.4. The molecule has 0 bridgehead atoms. The summed E-state index contributed by atoms with van der Waals surface area (Å²) in [5, 5.41) is 57.0. The number of allylic oxidation sites excluding steroid dienone is 15. The third kappa shape index (κ3) is 43.0. The molecular formula is C68H117NO10. The van der Waals surface area contributed by atoms with E-state index in [9.17, 15) is 35.1 Å². The lowest BCUT2D eigenvalue weighted by atomic mass is 9.99. The molecule has 0 aromatic carbocycles. The van der Waals surface area contributed by atoms with Crippen LogP contribution in [0.3, 0.4) is 0 Å². The zero-order valence-corrected chi connectivity index (χ0v) is 50.2. The summed E-state index contributed by atoms with van der Waals surface area (Å²) >= 11 is 0. The number of carbonyl (C=O) groups excluding carboxylic acids is 2. The summed E-state index contributed by atoms with van der Waals surface area (Å²) in [6.45, 7) is 5.64. The molecular weight excluding hydrogens is 991 g/mol. The summed E-state index contributed by atoms with van der Waals surface area (Å²) in [6.07, 6.45) is 63.0. The summed E-state index contributed by atoms with van der Waals surface area (Å²) in [7, 11) is 0. The minimum atomic E-state index is -1.63. The largest absolute Gasteiger partial charge is 0.454 e. The van der Waals surface area contributed by atoms with Crippen molar-refractivity contribution >= 4 is 11.9 Å². The average molecular weight is 1110 g/mol. The summed E-state index contributed by atoms with van der Waals surface area (Å²) < 4.78 is 17.6. The van der Waals surface area contributed by atoms with Crippen LogP contribution in [0.25, 0.3) is 0 Å². The standard InChI is InChI=1S/C68H117NO10/c1-4-7-10-13-16-19-22-25-26-27-28-29-30-31-32-33-34-35-36-38-41-44-47-50-53-56-63(73)79-66-65(75)64(74)62(57-70)78-68(66)77-58-59(60(71)54-51-48-45-42-39-24-21-18-15-12-9-6-3)69-67(76)61(72)55-52-49-46-43-40-37-23-20-17-14-11-8-5-2/h7,10,16,19,25-26,28-29,31-32,34-35,40,43,51,54,59-62,64-66,68,70-72,74-75H,4-6,8-9,11-15,17-18,20-24,27,30,33,36-39,41-42,44-50,52-53,55-58H2,1-3H3,(H,69,76)/b10-7-,19-16-,26-25-,29-28-,32-31-,35-34-,43-40-,54-51+. The molecule has 454 valence electrons. The lowest BCUT2D eigenvalue weighted by Gasteiger charge is -2.41. The molecule has 1 saturated heterocycles. The Morgan fingerprint density at radius 1 is 0.506 bits per heavy atom. The van der Waals surface area contributed by atoms with E-state index in [1.54, 1.807) is 6.08 Å². The number of amides is 1. The zero-order chi connectivity index (χ0) is 57.5. The number of nitrogens with one attached hydrogen (secondary N) is 1. The predicted molar refractivity (Wildman–Crippen MR) is 329 cm³/mol. The van der Waals surface area contributed by atoms with Crippen molar-refractivity contribution in [1.82, 2.24) is 5.32 Å². The fourth-order valence-electron chi connectivity index (χ4n) is 9.41. The van der Waals surface area contributed by atoms with Crippen molar-refractivity contribution in [3.63, 3.8) is 0 Å². The Morgan fingerprint density at radius 3 is 1.38 bits per heavy atom. The smallest absolute Gasteiger partial charge is 0.306 e. The molecule has 1 aliphatic rings. The van der Waals surface area contributed by atoms with Gasteiger partial charge in [-0.05, 0) is 103 Å². The summed E-state index contributed by atoms with van der Waals surface area (Å²) in [5.74, 6) is -1.23. The van der Waals surface area contributed by atoms with Gasteiger partial charge in [-0.2, -0.15) is 0 Å². The average Bonchev–Trinajstić information content (AvgIpc) is 3.49. The highest BCUT2D eigenvalue weighted by atomic mass is 16.7. The second kappa shape index (κ2) is 55.1. The first kappa shape index (κ1) is 73.6. The van der Waals surface area contributed by atoms with Crippen LogP contribution in [0.5, 0.6) is 0 Å². The van der Waals surface area contributed by atoms with Crippen molar-refractivity contribution < 1.29 is 49.3 Å². The highest BCUT2D eigenvalue weighted by Gasteiger charge is 2.47. The zero-order valence-electron chi connectivity index (χ0n) is 50.2. The fourth-order valence-corrected chi connectivity index (χ4v) is 9.41. The van der Waals surface area contributed by atoms with Crippen molar-refractivity contribution in [2.24, 2.45) is 0 Å². The van der Waals surface area contributed by atoms with Crippen molar-refractivity contribution in [3.05, 3.63) is 97.2 Å². The van der Waals surface area contributed by atoms with E-state index >= 15 is 0 Å². The molecule has 11 nitrogen and oxygen atoms in total.